The fourth-order valence-electron chi connectivity index (χ4n) is 5.50. The zero-order valence-corrected chi connectivity index (χ0v) is 29.3. The van der Waals surface area contributed by atoms with E-state index < -0.39 is 53.9 Å². The van der Waals surface area contributed by atoms with Gasteiger partial charge >= 0.3 is 6.01 Å². The Morgan fingerprint density at radius 2 is 1.74 bits per heavy atom. The summed E-state index contributed by atoms with van der Waals surface area (Å²) in [6.07, 6.45) is 0.613. The van der Waals surface area contributed by atoms with Crippen molar-refractivity contribution in [3.8, 4) is 28.4 Å². The first kappa shape index (κ1) is 33.9. The quantitative estimate of drug-likeness (QED) is 0.151. The molecular weight excluding hydrogens is 670 g/mol. The third-order valence-electron chi connectivity index (χ3n) is 7.94. The number of pyridine rings is 1. The third kappa shape index (κ3) is 7.38. The number of imidazole rings is 1. The summed E-state index contributed by atoms with van der Waals surface area (Å²) in [6, 6.07) is 12.4. The van der Waals surface area contributed by atoms with E-state index in [1.165, 1.54) is 24.6 Å². The highest BCUT2D eigenvalue weighted by Gasteiger charge is 2.49. The van der Waals surface area contributed by atoms with Crippen LogP contribution in [0.3, 0.4) is 0 Å². The zero-order valence-electron chi connectivity index (χ0n) is 26.7. The van der Waals surface area contributed by atoms with Crippen LogP contribution in [0.1, 0.15) is 0 Å². The largest absolute Gasteiger partial charge is 0.456 e. The van der Waals surface area contributed by atoms with Crippen molar-refractivity contribution >= 4 is 46.3 Å². The van der Waals surface area contributed by atoms with E-state index in [2.05, 4.69) is 29.0 Å². The minimum atomic E-state index is -2.67. The Balaban J connectivity index is 1.32. The number of fused-ring (bicyclic) bond motifs is 2. The topological polar surface area (TPSA) is 117 Å². The van der Waals surface area contributed by atoms with Gasteiger partial charge in [0.15, 0.2) is 23.4 Å². The lowest BCUT2D eigenvalue weighted by molar-refractivity contribution is 0.00336. The Morgan fingerprint density at radius 1 is 1.04 bits per heavy atom. The molecule has 0 amide bonds. The summed E-state index contributed by atoms with van der Waals surface area (Å²) in [7, 11) is -4.01. The summed E-state index contributed by atoms with van der Waals surface area (Å²) in [5.74, 6) is -2.24. The lowest BCUT2D eigenvalue weighted by Gasteiger charge is -2.19. The fraction of sp³-hybridized carbons (Fsp3) is 0.438. The van der Waals surface area contributed by atoms with E-state index in [-0.39, 0.29) is 37.2 Å². The highest BCUT2D eigenvalue weighted by Crippen LogP contribution is 2.36. The van der Waals surface area contributed by atoms with Crippen LogP contribution < -0.4 is 4.74 Å². The number of halogens is 3. The van der Waals surface area contributed by atoms with Crippen LogP contribution in [0, 0.1) is 11.6 Å². The molecule has 15 heteroatoms. The van der Waals surface area contributed by atoms with E-state index in [9.17, 15) is 13.7 Å². The van der Waals surface area contributed by atoms with Gasteiger partial charge in [-0.1, -0.05) is 55.5 Å². The van der Waals surface area contributed by atoms with Gasteiger partial charge in [0.05, 0.1) is 23.9 Å². The molecule has 0 aliphatic carbocycles. The number of hydrogen-bond acceptors (Lipinski definition) is 9. The molecule has 1 N–H and O–H groups in total. The minimum absolute atomic E-state index is 0.0356. The number of aliphatic hydroxyl groups is 1. The number of aliphatic hydroxyl groups excluding tert-OH is 1. The SMILES string of the molecule is C[Si](C)(C)CCOCn1c(O[C@@H]2CO[C@H]3[C@@H]2OC[C@H]3O)nc2cc(Cl)c(-c3ccc(-c4ccc(N=S(C)(C)=O)c(F)c4F)cc3)nc21. The van der Waals surface area contributed by atoms with Crippen molar-refractivity contribution in [2.75, 3.05) is 32.3 Å². The second-order valence-corrected chi connectivity index (χ2v) is 21.8. The highest BCUT2D eigenvalue weighted by molar-refractivity contribution is 7.92. The van der Waals surface area contributed by atoms with Crippen LogP contribution in [0.5, 0.6) is 6.01 Å². The van der Waals surface area contributed by atoms with Crippen LogP contribution in [0.2, 0.25) is 30.7 Å². The molecule has 2 saturated heterocycles. The fourth-order valence-corrected chi connectivity index (χ4v) is 7.13. The van der Waals surface area contributed by atoms with Gasteiger partial charge in [-0.05, 0) is 29.8 Å². The van der Waals surface area contributed by atoms with E-state index in [4.69, 9.17) is 35.5 Å². The van der Waals surface area contributed by atoms with Gasteiger partial charge in [0.1, 0.15) is 36.2 Å². The van der Waals surface area contributed by atoms with Gasteiger partial charge in [-0.2, -0.15) is 9.35 Å². The molecule has 0 bridgehead atoms. The molecule has 0 radical (unpaired) electrons. The second kappa shape index (κ2) is 13.1. The summed E-state index contributed by atoms with van der Waals surface area (Å²) in [5.41, 5.74) is 2.24. The van der Waals surface area contributed by atoms with E-state index >= 15 is 4.39 Å². The number of ether oxygens (including phenoxy) is 4. The first-order valence-corrected chi connectivity index (χ1v) is 21.6. The molecule has 2 aliphatic heterocycles. The normalized spacial score (nSPS) is 21.4. The molecule has 2 fully saturated rings. The molecule has 4 heterocycles. The van der Waals surface area contributed by atoms with Crippen molar-refractivity contribution in [2.45, 2.75) is 56.8 Å². The Hall–Kier alpha value is -2.98. The summed E-state index contributed by atoms with van der Waals surface area (Å²) in [6.45, 7) is 7.93. The molecule has 4 atom stereocenters. The first-order valence-electron chi connectivity index (χ1n) is 15.2. The predicted molar refractivity (Wildman–Crippen MR) is 179 cm³/mol. The van der Waals surface area contributed by atoms with E-state index in [1.807, 2.05) is 0 Å². The molecule has 252 valence electrons. The molecule has 6 rings (SSSR count). The van der Waals surface area contributed by atoms with Crippen molar-refractivity contribution in [1.29, 1.82) is 0 Å². The summed E-state index contributed by atoms with van der Waals surface area (Å²) in [5, 5.41) is 10.5. The Kier molecular flexibility index (Phi) is 9.48. The maximum absolute atomic E-state index is 15.0. The van der Waals surface area contributed by atoms with Crippen LogP contribution in [-0.4, -0.2) is 88.7 Å². The highest BCUT2D eigenvalue weighted by atomic mass is 35.5. The Bertz CT molecular complexity index is 1920. The monoisotopic (exact) mass is 706 g/mol. The summed E-state index contributed by atoms with van der Waals surface area (Å²) in [4.78, 5) is 9.55. The van der Waals surface area contributed by atoms with E-state index in [0.29, 0.717) is 39.6 Å². The molecule has 2 aromatic heterocycles. The summed E-state index contributed by atoms with van der Waals surface area (Å²) < 4.78 is 71.2. The molecule has 10 nitrogen and oxygen atoms in total. The molecule has 0 unspecified atom stereocenters. The molecule has 4 aromatic rings. The maximum atomic E-state index is 15.0. The minimum Gasteiger partial charge on any atom is -0.456 e. The molecular formula is C32H37ClF2N4O6SSi. The smallest absolute Gasteiger partial charge is 0.301 e. The van der Waals surface area contributed by atoms with Crippen molar-refractivity contribution in [3.63, 3.8) is 0 Å². The lowest BCUT2D eigenvalue weighted by atomic mass is 10.0. The molecule has 2 aromatic carbocycles. The molecule has 47 heavy (non-hydrogen) atoms. The molecule has 0 spiro atoms. The average Bonchev–Trinajstić information content (AvgIpc) is 3.67. The van der Waals surface area contributed by atoms with Gasteiger partial charge in [0.2, 0.25) is 0 Å². The molecule has 0 saturated carbocycles. The van der Waals surface area contributed by atoms with Crippen LogP contribution >= 0.6 is 11.6 Å². The van der Waals surface area contributed by atoms with Crippen LogP contribution in [0.15, 0.2) is 46.8 Å². The van der Waals surface area contributed by atoms with E-state index in [0.717, 1.165) is 6.04 Å². The van der Waals surface area contributed by atoms with Crippen molar-refractivity contribution in [1.82, 2.24) is 14.5 Å². The number of aromatic nitrogens is 3. The van der Waals surface area contributed by atoms with Crippen LogP contribution in [0.4, 0.5) is 14.5 Å². The number of hydrogen-bond donors (Lipinski definition) is 1. The number of nitrogens with zero attached hydrogens (tertiary/aromatic N) is 4. The van der Waals surface area contributed by atoms with Gasteiger partial charge in [0.25, 0.3) is 0 Å². The van der Waals surface area contributed by atoms with E-state index in [1.54, 1.807) is 34.9 Å². The molecule has 2 aliphatic rings. The summed E-state index contributed by atoms with van der Waals surface area (Å²) >= 11 is 6.72. The number of rotatable bonds is 10. The van der Waals surface area contributed by atoms with Crippen LogP contribution in [-0.2, 0) is 30.7 Å². The van der Waals surface area contributed by atoms with Crippen molar-refractivity contribution < 1.29 is 37.0 Å². The maximum Gasteiger partial charge on any atom is 0.301 e. The zero-order chi connectivity index (χ0) is 33.7. The second-order valence-electron chi connectivity index (χ2n) is 13.3. The van der Waals surface area contributed by atoms with Gasteiger partial charge in [-0.3, -0.25) is 4.57 Å². The van der Waals surface area contributed by atoms with Gasteiger partial charge < -0.3 is 24.1 Å². The Morgan fingerprint density at radius 3 is 2.45 bits per heavy atom. The predicted octanol–water partition coefficient (Wildman–Crippen LogP) is 6.27. The van der Waals surface area contributed by atoms with Crippen molar-refractivity contribution in [3.05, 3.63) is 59.1 Å². The van der Waals surface area contributed by atoms with Gasteiger partial charge in [0, 0.05) is 48.0 Å². The van der Waals surface area contributed by atoms with Crippen molar-refractivity contribution in [2.24, 2.45) is 4.36 Å². The Labute approximate surface area is 278 Å². The average molecular weight is 707 g/mol. The van der Waals surface area contributed by atoms with Crippen LogP contribution in [0.25, 0.3) is 33.5 Å². The number of benzene rings is 2. The third-order valence-corrected chi connectivity index (χ3v) is 10.6. The first-order chi connectivity index (χ1) is 22.2. The van der Waals surface area contributed by atoms with Gasteiger partial charge in [-0.15, -0.1) is 0 Å². The standard InChI is InChI=1S/C32H37ClF2N4O6SSi/c1-46(2,41)38-22-11-10-20(26(34)27(22)35)18-6-8-19(9-7-18)28-21(33)14-23-31(37-28)39(17-42-12-13-47(3,4)5)32(36-23)45-25-16-44-29-24(40)15-43-30(25)29/h6-11,14,24-25,29-30,40H,12-13,15-17H2,1-5H3/t24-,25-,29-,30-/m1/s1. The van der Waals surface area contributed by atoms with Gasteiger partial charge in [-0.25, -0.2) is 18.0 Å². The lowest BCUT2D eigenvalue weighted by Crippen LogP contribution is -2.35.